The molecule has 1 aromatic carbocycles. The number of nitrogens with zero attached hydrogens (tertiary/aromatic N) is 2. The average molecular weight is 347 g/mol. The van der Waals surface area contributed by atoms with Gasteiger partial charge in [-0.3, -0.25) is 9.78 Å². The van der Waals surface area contributed by atoms with Crippen LogP contribution in [0.2, 0.25) is 0 Å². The number of pyridine rings is 1. The number of amides is 1. The summed E-state index contributed by atoms with van der Waals surface area (Å²) in [7, 11) is 1.84. The Morgan fingerprint density at radius 2 is 1.95 bits per heavy atom. The second-order valence-electron chi connectivity index (χ2n) is 5.06. The smallest absolute Gasteiger partial charge is 0.255 e. The molecule has 0 radical (unpaired) electrons. The van der Waals surface area contributed by atoms with Crippen molar-refractivity contribution in [3.8, 4) is 0 Å². The van der Waals surface area contributed by atoms with Crippen LogP contribution in [0.5, 0.6) is 0 Å². The number of carbonyl (C=O) groups excluding carboxylic acids is 1. The van der Waals surface area contributed by atoms with E-state index in [-0.39, 0.29) is 5.91 Å². The minimum Gasteiger partial charge on any atom is -0.342 e. The van der Waals surface area contributed by atoms with Crippen molar-refractivity contribution in [2.75, 3.05) is 13.6 Å². The lowest BCUT2D eigenvalue weighted by Crippen LogP contribution is -2.27. The lowest BCUT2D eigenvalue weighted by Gasteiger charge is -2.17. The number of rotatable bonds is 6. The number of unbranched alkanes of at least 4 members (excludes halogenated alkanes) is 1. The molecule has 0 aliphatic heterocycles. The molecule has 1 amide bonds. The predicted molar refractivity (Wildman–Crippen MR) is 88.3 cm³/mol. The highest BCUT2D eigenvalue weighted by Crippen LogP contribution is 2.12. The lowest BCUT2D eigenvalue weighted by molar-refractivity contribution is 0.0792. The van der Waals surface area contributed by atoms with Crippen molar-refractivity contribution in [2.24, 2.45) is 0 Å². The fourth-order valence-electron chi connectivity index (χ4n) is 2.17. The SMILES string of the molecule is CN(CCCCc1ccccc1)C(=O)c1cncc(Br)c1. The fourth-order valence-corrected chi connectivity index (χ4v) is 2.54. The molecule has 0 N–H and O–H groups in total. The highest BCUT2D eigenvalue weighted by atomic mass is 79.9. The highest BCUT2D eigenvalue weighted by molar-refractivity contribution is 9.10. The molecule has 0 spiro atoms. The second kappa shape index (κ2) is 7.93. The minimum absolute atomic E-state index is 0.0171. The maximum Gasteiger partial charge on any atom is 0.255 e. The first-order valence-corrected chi connectivity index (χ1v) is 7.86. The first kappa shape index (κ1) is 15.7. The molecule has 21 heavy (non-hydrogen) atoms. The van der Waals surface area contributed by atoms with E-state index in [1.165, 1.54) is 5.56 Å². The van der Waals surface area contributed by atoms with E-state index in [0.717, 1.165) is 30.3 Å². The predicted octanol–water partition coefficient (Wildman–Crippen LogP) is 3.94. The Bertz CT molecular complexity index is 586. The molecule has 0 aliphatic rings. The molecule has 4 heteroatoms. The molecule has 0 unspecified atom stereocenters. The molecule has 110 valence electrons. The van der Waals surface area contributed by atoms with Crippen LogP contribution in [0.3, 0.4) is 0 Å². The van der Waals surface area contributed by atoms with Crippen LogP contribution in [0.4, 0.5) is 0 Å². The highest BCUT2D eigenvalue weighted by Gasteiger charge is 2.11. The van der Waals surface area contributed by atoms with Crippen molar-refractivity contribution in [3.05, 3.63) is 64.4 Å². The van der Waals surface area contributed by atoms with Crippen molar-refractivity contribution < 1.29 is 4.79 Å². The van der Waals surface area contributed by atoms with Gasteiger partial charge in [0.25, 0.3) is 5.91 Å². The van der Waals surface area contributed by atoms with Gasteiger partial charge in [0.05, 0.1) is 5.56 Å². The van der Waals surface area contributed by atoms with E-state index < -0.39 is 0 Å². The molecule has 2 aromatic rings. The zero-order valence-corrected chi connectivity index (χ0v) is 13.7. The van der Waals surface area contributed by atoms with Crippen LogP contribution in [-0.2, 0) is 6.42 Å². The summed E-state index contributed by atoms with van der Waals surface area (Å²) in [5.41, 5.74) is 1.97. The van der Waals surface area contributed by atoms with Crippen molar-refractivity contribution in [1.29, 1.82) is 0 Å². The Morgan fingerprint density at radius 3 is 2.67 bits per heavy atom. The fraction of sp³-hybridized carbons (Fsp3) is 0.294. The van der Waals surface area contributed by atoms with Crippen molar-refractivity contribution in [1.82, 2.24) is 9.88 Å². The largest absolute Gasteiger partial charge is 0.342 e. The van der Waals surface area contributed by atoms with Gasteiger partial charge in [0.1, 0.15) is 0 Å². The third-order valence-corrected chi connectivity index (χ3v) is 3.78. The number of halogens is 1. The molecule has 3 nitrogen and oxygen atoms in total. The number of hydrogen-bond donors (Lipinski definition) is 0. The normalized spacial score (nSPS) is 10.4. The number of aryl methyl sites for hydroxylation is 1. The Hall–Kier alpha value is -1.68. The lowest BCUT2D eigenvalue weighted by atomic mass is 10.1. The van der Waals surface area contributed by atoms with Gasteiger partial charge in [-0.05, 0) is 46.8 Å². The molecule has 0 saturated heterocycles. The quantitative estimate of drug-likeness (QED) is 0.742. The molecule has 0 aliphatic carbocycles. The van der Waals surface area contributed by atoms with E-state index in [4.69, 9.17) is 0 Å². The molecule has 1 heterocycles. The first-order valence-electron chi connectivity index (χ1n) is 7.07. The summed E-state index contributed by atoms with van der Waals surface area (Å²) < 4.78 is 0.825. The molecule has 0 bridgehead atoms. The van der Waals surface area contributed by atoms with Gasteiger partial charge in [0, 0.05) is 30.5 Å². The second-order valence-corrected chi connectivity index (χ2v) is 5.98. The summed E-state index contributed by atoms with van der Waals surface area (Å²) in [6.07, 6.45) is 6.42. The summed E-state index contributed by atoms with van der Waals surface area (Å²) in [6.45, 7) is 0.762. The van der Waals surface area contributed by atoms with Crippen LogP contribution in [0.1, 0.15) is 28.8 Å². The van der Waals surface area contributed by atoms with Crippen LogP contribution in [0.15, 0.2) is 53.3 Å². The third-order valence-electron chi connectivity index (χ3n) is 3.35. The Balaban J connectivity index is 1.76. The van der Waals surface area contributed by atoms with E-state index in [2.05, 4.69) is 45.2 Å². The zero-order chi connectivity index (χ0) is 15.1. The van der Waals surface area contributed by atoms with Crippen LogP contribution in [0, 0.1) is 0 Å². The number of carbonyl (C=O) groups is 1. The summed E-state index contributed by atoms with van der Waals surface area (Å²) in [5, 5.41) is 0. The molecule has 0 saturated carbocycles. The Morgan fingerprint density at radius 1 is 1.19 bits per heavy atom. The van der Waals surface area contributed by atoms with Gasteiger partial charge in [-0.15, -0.1) is 0 Å². The molecular formula is C17H19BrN2O. The molecule has 1 aromatic heterocycles. The van der Waals surface area contributed by atoms with E-state index >= 15 is 0 Å². The van der Waals surface area contributed by atoms with Crippen molar-refractivity contribution in [2.45, 2.75) is 19.3 Å². The number of hydrogen-bond acceptors (Lipinski definition) is 2. The minimum atomic E-state index is 0.0171. The van der Waals surface area contributed by atoms with Gasteiger partial charge >= 0.3 is 0 Å². The van der Waals surface area contributed by atoms with E-state index in [0.29, 0.717) is 5.56 Å². The van der Waals surface area contributed by atoms with E-state index in [1.807, 2.05) is 13.1 Å². The summed E-state index contributed by atoms with van der Waals surface area (Å²) in [5.74, 6) is 0.0171. The van der Waals surface area contributed by atoms with Gasteiger partial charge in [-0.1, -0.05) is 30.3 Å². The zero-order valence-electron chi connectivity index (χ0n) is 12.1. The molecular weight excluding hydrogens is 328 g/mol. The number of aromatic nitrogens is 1. The summed E-state index contributed by atoms with van der Waals surface area (Å²) >= 11 is 3.34. The maximum absolute atomic E-state index is 12.2. The standard InChI is InChI=1S/C17H19BrN2O/c1-20(17(21)15-11-16(18)13-19-12-15)10-6-5-9-14-7-3-2-4-8-14/h2-4,7-8,11-13H,5-6,9-10H2,1H3. The van der Waals surface area contributed by atoms with Gasteiger partial charge in [-0.2, -0.15) is 0 Å². The molecule has 2 rings (SSSR count). The van der Waals surface area contributed by atoms with E-state index in [9.17, 15) is 4.79 Å². The van der Waals surface area contributed by atoms with Gasteiger partial charge in [0.15, 0.2) is 0 Å². The van der Waals surface area contributed by atoms with Crippen LogP contribution < -0.4 is 0 Å². The monoisotopic (exact) mass is 346 g/mol. The van der Waals surface area contributed by atoms with Crippen LogP contribution in [0.25, 0.3) is 0 Å². The van der Waals surface area contributed by atoms with Crippen molar-refractivity contribution >= 4 is 21.8 Å². The number of benzene rings is 1. The van der Waals surface area contributed by atoms with E-state index in [1.54, 1.807) is 23.4 Å². The average Bonchev–Trinajstić information content (AvgIpc) is 2.51. The molecule has 0 fully saturated rings. The van der Waals surface area contributed by atoms with Gasteiger partial charge < -0.3 is 4.90 Å². The first-order chi connectivity index (χ1) is 10.2. The maximum atomic E-state index is 12.2. The van der Waals surface area contributed by atoms with Crippen molar-refractivity contribution in [3.63, 3.8) is 0 Å². The molecule has 0 atom stereocenters. The Labute approximate surface area is 134 Å². The van der Waals surface area contributed by atoms with Gasteiger partial charge in [-0.25, -0.2) is 0 Å². The van der Waals surface area contributed by atoms with Crippen LogP contribution in [-0.4, -0.2) is 29.4 Å². The topological polar surface area (TPSA) is 33.2 Å². The Kier molecular flexibility index (Phi) is 5.93. The summed E-state index contributed by atoms with van der Waals surface area (Å²) in [4.78, 5) is 18.0. The van der Waals surface area contributed by atoms with Crippen LogP contribution >= 0.6 is 15.9 Å². The third kappa shape index (κ3) is 4.97. The van der Waals surface area contributed by atoms with Gasteiger partial charge in [0.2, 0.25) is 0 Å². The summed E-state index contributed by atoms with van der Waals surface area (Å²) in [6, 6.07) is 12.2.